The van der Waals surface area contributed by atoms with Crippen LogP contribution < -0.4 is 11.2 Å². The largest absolute Gasteiger partial charge is 0.409 e. The van der Waals surface area contributed by atoms with Crippen molar-refractivity contribution in [2.75, 3.05) is 6.61 Å². The summed E-state index contributed by atoms with van der Waals surface area (Å²) >= 11 is 0. The van der Waals surface area contributed by atoms with E-state index in [1.54, 1.807) is 0 Å². The third-order valence-corrected chi connectivity index (χ3v) is 2.66. The molecule has 1 saturated heterocycles. The van der Waals surface area contributed by atoms with E-state index in [1.165, 1.54) is 16.8 Å². The molecule has 8 heteroatoms. The Hall–Kier alpha value is -1.64. The maximum Gasteiger partial charge on any atom is 0.329 e. The Morgan fingerprint density at radius 1 is 1.65 bits per heavy atom. The van der Waals surface area contributed by atoms with E-state index in [0.717, 1.165) is 0 Å². The van der Waals surface area contributed by atoms with Gasteiger partial charge in [0.1, 0.15) is 12.3 Å². The van der Waals surface area contributed by atoms with Crippen LogP contribution in [-0.4, -0.2) is 43.8 Å². The van der Waals surface area contributed by atoms with Crippen LogP contribution in [0.5, 0.6) is 0 Å². The second kappa shape index (κ2) is 4.70. The highest BCUT2D eigenvalue weighted by atomic mass is 16.5. The van der Waals surface area contributed by atoms with Crippen LogP contribution in [0.4, 0.5) is 0 Å². The Bertz CT molecular complexity index is 508. The first kappa shape index (κ1) is 11.8. The zero-order chi connectivity index (χ0) is 12.4. The summed E-state index contributed by atoms with van der Waals surface area (Å²) in [4.78, 5) is 13.9. The molecular formula is C9H13N3O5. The normalized spacial score (nSPS) is 29.8. The number of aliphatic hydroxyl groups is 2. The number of aromatic nitrogens is 2. The van der Waals surface area contributed by atoms with Crippen molar-refractivity contribution in [3.05, 3.63) is 28.2 Å². The van der Waals surface area contributed by atoms with Crippen LogP contribution in [0, 0.1) is 0 Å². The first-order chi connectivity index (χ1) is 8.15. The molecule has 2 heterocycles. The van der Waals surface area contributed by atoms with Gasteiger partial charge in [-0.15, -0.1) is 0 Å². The van der Waals surface area contributed by atoms with E-state index >= 15 is 0 Å². The number of hydrogen-bond donors (Lipinski definition) is 4. The molecule has 0 radical (unpaired) electrons. The van der Waals surface area contributed by atoms with Crippen molar-refractivity contribution in [1.82, 2.24) is 9.55 Å². The van der Waals surface area contributed by atoms with E-state index in [9.17, 15) is 9.90 Å². The zero-order valence-corrected chi connectivity index (χ0v) is 8.85. The quantitative estimate of drug-likeness (QED) is 0.357. The molecule has 0 aromatic carbocycles. The van der Waals surface area contributed by atoms with Gasteiger partial charge in [-0.2, -0.15) is 0 Å². The molecule has 0 bridgehead atoms. The van der Waals surface area contributed by atoms with Gasteiger partial charge in [-0.1, -0.05) is 5.16 Å². The van der Waals surface area contributed by atoms with Gasteiger partial charge in [0.05, 0.1) is 12.7 Å². The average Bonchev–Trinajstić information content (AvgIpc) is 2.70. The van der Waals surface area contributed by atoms with Gasteiger partial charge in [0.25, 0.3) is 0 Å². The number of ether oxygens (including phenoxy) is 1. The van der Waals surface area contributed by atoms with Crippen LogP contribution in [0.15, 0.2) is 22.2 Å². The second-order valence-corrected chi connectivity index (χ2v) is 3.75. The van der Waals surface area contributed by atoms with Gasteiger partial charge in [0, 0.05) is 18.7 Å². The summed E-state index contributed by atoms with van der Waals surface area (Å²) in [6.45, 7) is -0.305. The molecule has 2 unspecified atom stereocenters. The first-order valence-electron chi connectivity index (χ1n) is 5.09. The first-order valence-corrected chi connectivity index (χ1v) is 5.09. The van der Waals surface area contributed by atoms with Crippen molar-refractivity contribution < 1.29 is 20.2 Å². The van der Waals surface area contributed by atoms with E-state index < -0.39 is 24.1 Å². The molecule has 8 nitrogen and oxygen atoms in total. The number of nitrogens with one attached hydrogen (secondary N) is 1. The lowest BCUT2D eigenvalue weighted by atomic mass is 10.2. The van der Waals surface area contributed by atoms with Crippen molar-refractivity contribution in [2.24, 2.45) is 5.16 Å². The highest BCUT2D eigenvalue weighted by Gasteiger charge is 2.34. The topological polar surface area (TPSA) is 120 Å². The summed E-state index contributed by atoms with van der Waals surface area (Å²) in [6.07, 6.45) is -0.522. The molecule has 4 N–H and O–H groups in total. The summed E-state index contributed by atoms with van der Waals surface area (Å²) < 4.78 is 6.54. The molecule has 94 valence electrons. The van der Waals surface area contributed by atoms with Gasteiger partial charge < -0.3 is 20.2 Å². The maximum absolute atomic E-state index is 11.6. The molecule has 2 rings (SSSR count). The van der Waals surface area contributed by atoms with Gasteiger partial charge in [-0.25, -0.2) is 4.79 Å². The number of H-pyrrole nitrogens is 1. The highest BCUT2D eigenvalue weighted by Crippen LogP contribution is 2.26. The average molecular weight is 243 g/mol. The molecule has 3 atom stereocenters. The number of rotatable bonds is 2. The number of aromatic amines is 1. The van der Waals surface area contributed by atoms with E-state index in [0.29, 0.717) is 0 Å². The molecule has 1 aromatic rings. The molecule has 1 aliphatic heterocycles. The third kappa shape index (κ3) is 2.23. The molecule has 1 aliphatic rings. The SMILES string of the molecule is O=c1[nH]/c(=N/O)ccn1C1C[C@H](O)C(CO)O1. The molecule has 0 aliphatic carbocycles. The third-order valence-electron chi connectivity index (χ3n) is 2.66. The summed E-state index contributed by atoms with van der Waals surface area (Å²) in [5.74, 6) is 0. The van der Waals surface area contributed by atoms with Crippen LogP contribution in [0.3, 0.4) is 0 Å². The van der Waals surface area contributed by atoms with E-state index in [1.807, 2.05) is 0 Å². The van der Waals surface area contributed by atoms with E-state index in [-0.39, 0.29) is 18.5 Å². The predicted molar refractivity (Wildman–Crippen MR) is 54.0 cm³/mol. The lowest BCUT2D eigenvalue weighted by Crippen LogP contribution is -2.32. The molecule has 1 fully saturated rings. The summed E-state index contributed by atoms with van der Waals surface area (Å²) in [6, 6.07) is 1.39. The van der Waals surface area contributed by atoms with Crippen molar-refractivity contribution in [2.45, 2.75) is 24.9 Å². The van der Waals surface area contributed by atoms with Crippen LogP contribution >= 0.6 is 0 Å². The van der Waals surface area contributed by atoms with Gasteiger partial charge in [-0.3, -0.25) is 9.55 Å². The Balaban J connectivity index is 2.28. The van der Waals surface area contributed by atoms with Crippen LogP contribution in [-0.2, 0) is 4.74 Å². The summed E-state index contributed by atoms with van der Waals surface area (Å²) in [7, 11) is 0. The number of aliphatic hydroxyl groups excluding tert-OH is 2. The predicted octanol–water partition coefficient (Wildman–Crippen LogP) is -1.89. The molecular weight excluding hydrogens is 230 g/mol. The number of hydrogen-bond acceptors (Lipinski definition) is 6. The van der Waals surface area contributed by atoms with Gasteiger partial charge in [0.15, 0.2) is 5.49 Å². The maximum atomic E-state index is 11.6. The Kier molecular flexibility index (Phi) is 3.27. The Labute approximate surface area is 95.4 Å². The molecule has 0 spiro atoms. The molecule has 0 saturated carbocycles. The minimum absolute atomic E-state index is 0.0310. The smallest absolute Gasteiger partial charge is 0.329 e. The molecule has 0 amide bonds. The van der Waals surface area contributed by atoms with Gasteiger partial charge >= 0.3 is 5.69 Å². The lowest BCUT2D eigenvalue weighted by Gasteiger charge is -2.13. The van der Waals surface area contributed by atoms with Crippen LogP contribution in [0.2, 0.25) is 0 Å². The highest BCUT2D eigenvalue weighted by molar-refractivity contribution is 4.87. The van der Waals surface area contributed by atoms with Gasteiger partial charge in [0.2, 0.25) is 0 Å². The fourth-order valence-electron chi connectivity index (χ4n) is 1.77. The van der Waals surface area contributed by atoms with Crippen molar-refractivity contribution >= 4 is 0 Å². The van der Waals surface area contributed by atoms with E-state index in [2.05, 4.69) is 10.1 Å². The molecule has 17 heavy (non-hydrogen) atoms. The second-order valence-electron chi connectivity index (χ2n) is 3.75. The van der Waals surface area contributed by atoms with Gasteiger partial charge in [-0.05, 0) is 0 Å². The molecule has 1 aromatic heterocycles. The fraction of sp³-hybridized carbons (Fsp3) is 0.556. The summed E-state index contributed by atoms with van der Waals surface area (Å²) in [5, 5.41) is 29.8. The Morgan fingerprint density at radius 2 is 2.41 bits per heavy atom. The number of nitrogens with zero attached hydrogens (tertiary/aromatic N) is 2. The van der Waals surface area contributed by atoms with E-state index in [4.69, 9.17) is 15.1 Å². The van der Waals surface area contributed by atoms with Crippen LogP contribution in [0.1, 0.15) is 12.6 Å². The standard InChI is InChI=1S/C9H13N3O5/c13-4-6-5(14)3-8(17-6)12-2-1-7(11-16)10-9(12)15/h1-2,5-6,8,13-14,16H,3-4H2,(H,10,11,15)/t5-,6?,8?/m0/s1. The minimum atomic E-state index is -0.806. The lowest BCUT2D eigenvalue weighted by molar-refractivity contribution is -0.0459. The zero-order valence-electron chi connectivity index (χ0n) is 8.85. The van der Waals surface area contributed by atoms with Crippen LogP contribution in [0.25, 0.3) is 0 Å². The van der Waals surface area contributed by atoms with Crippen molar-refractivity contribution in [3.63, 3.8) is 0 Å². The summed E-state index contributed by atoms with van der Waals surface area (Å²) in [5.41, 5.74) is -0.486. The minimum Gasteiger partial charge on any atom is -0.409 e. The van der Waals surface area contributed by atoms with Crippen molar-refractivity contribution in [1.29, 1.82) is 0 Å². The fourth-order valence-corrected chi connectivity index (χ4v) is 1.77. The monoisotopic (exact) mass is 243 g/mol. The Morgan fingerprint density at radius 3 is 2.94 bits per heavy atom. The van der Waals surface area contributed by atoms with Crippen molar-refractivity contribution in [3.8, 4) is 0 Å².